The molecular weight excluding hydrogens is 176 g/mol. The third kappa shape index (κ3) is 1.10. The molecule has 2 fully saturated rings. The third-order valence-corrected chi connectivity index (χ3v) is 4.36. The molecule has 1 aliphatic heterocycles. The summed E-state index contributed by atoms with van der Waals surface area (Å²) in [7, 11) is 0. The van der Waals surface area contributed by atoms with Crippen LogP contribution in [0.4, 0.5) is 0 Å². The Balaban J connectivity index is 2.12. The van der Waals surface area contributed by atoms with Gasteiger partial charge in [0.2, 0.25) is 0 Å². The number of carbonyl (C=O) groups excluding carboxylic acids is 1. The number of ketones is 1. The van der Waals surface area contributed by atoms with Crippen LogP contribution in [-0.4, -0.2) is 17.0 Å². The number of hydrogen-bond acceptors (Lipinski definition) is 2. The minimum absolute atomic E-state index is 0.00563. The first-order valence-electron chi connectivity index (χ1n) is 5.53. The van der Waals surface area contributed by atoms with E-state index in [9.17, 15) is 4.79 Å². The van der Waals surface area contributed by atoms with Crippen molar-refractivity contribution >= 4 is 5.78 Å². The lowest BCUT2D eigenvalue weighted by Crippen LogP contribution is -2.32. The zero-order chi connectivity index (χ0) is 10.6. The van der Waals surface area contributed by atoms with Crippen molar-refractivity contribution in [2.75, 3.05) is 0 Å². The number of Topliss-reactive ketones (excluding diaryl/α,β-unsaturated/α-hetero) is 1. The summed E-state index contributed by atoms with van der Waals surface area (Å²) in [6.07, 6.45) is 3.95. The van der Waals surface area contributed by atoms with Gasteiger partial charge in [-0.3, -0.25) is 0 Å². The molecule has 0 amide bonds. The van der Waals surface area contributed by atoms with Crippen LogP contribution in [0.5, 0.6) is 0 Å². The molecule has 2 atom stereocenters. The number of rotatable bonds is 3. The fraction of sp³-hybridized carbons (Fsp3) is 0.917. The summed E-state index contributed by atoms with van der Waals surface area (Å²) in [5, 5.41) is 0. The highest BCUT2D eigenvalue weighted by molar-refractivity contribution is 5.75. The molecule has 1 heterocycles. The average molecular weight is 196 g/mol. The van der Waals surface area contributed by atoms with E-state index in [1.807, 2.05) is 0 Å². The first-order valence-corrected chi connectivity index (χ1v) is 5.53. The lowest BCUT2D eigenvalue weighted by Gasteiger charge is -2.28. The standard InChI is InChI=1S/C12H20O2/c1-9(13)5-6-12-10(2,3)7-8-11(12,4)14-12/h5-8H2,1-4H3. The largest absolute Gasteiger partial charge is 0.362 e. The lowest BCUT2D eigenvalue weighted by molar-refractivity contribution is -0.117. The lowest BCUT2D eigenvalue weighted by atomic mass is 9.75. The molecule has 1 aliphatic carbocycles. The van der Waals surface area contributed by atoms with Crippen LogP contribution in [0.2, 0.25) is 0 Å². The van der Waals surface area contributed by atoms with Crippen LogP contribution in [0.3, 0.4) is 0 Å². The van der Waals surface area contributed by atoms with Crippen LogP contribution in [-0.2, 0) is 9.53 Å². The smallest absolute Gasteiger partial charge is 0.129 e. The minimum Gasteiger partial charge on any atom is -0.362 e. The van der Waals surface area contributed by atoms with Crippen LogP contribution in [0.15, 0.2) is 0 Å². The number of ether oxygens (including phenoxy) is 1. The van der Waals surface area contributed by atoms with Crippen molar-refractivity contribution in [2.24, 2.45) is 5.41 Å². The Morgan fingerprint density at radius 2 is 1.93 bits per heavy atom. The van der Waals surface area contributed by atoms with Gasteiger partial charge < -0.3 is 9.53 Å². The van der Waals surface area contributed by atoms with E-state index in [1.165, 1.54) is 6.42 Å². The molecule has 0 N–H and O–H groups in total. The molecule has 0 spiro atoms. The molecule has 0 aromatic heterocycles. The Kier molecular flexibility index (Phi) is 1.89. The third-order valence-electron chi connectivity index (χ3n) is 4.36. The van der Waals surface area contributed by atoms with Crippen LogP contribution >= 0.6 is 0 Å². The van der Waals surface area contributed by atoms with Crippen molar-refractivity contribution in [1.82, 2.24) is 0 Å². The van der Waals surface area contributed by atoms with Gasteiger partial charge in [0.05, 0.1) is 5.60 Å². The van der Waals surface area contributed by atoms with Crippen LogP contribution in [0, 0.1) is 5.41 Å². The van der Waals surface area contributed by atoms with Crippen LogP contribution in [0.25, 0.3) is 0 Å². The van der Waals surface area contributed by atoms with E-state index >= 15 is 0 Å². The van der Waals surface area contributed by atoms with Gasteiger partial charge in [0.25, 0.3) is 0 Å². The number of epoxide rings is 1. The Hall–Kier alpha value is -0.370. The molecule has 0 aromatic carbocycles. The van der Waals surface area contributed by atoms with Gasteiger partial charge in [0.15, 0.2) is 0 Å². The zero-order valence-corrected chi connectivity index (χ0v) is 9.64. The molecule has 2 aliphatic rings. The Morgan fingerprint density at radius 1 is 1.29 bits per heavy atom. The molecule has 1 saturated carbocycles. The van der Waals surface area contributed by atoms with Gasteiger partial charge in [-0.25, -0.2) is 0 Å². The Labute approximate surface area is 86.0 Å². The molecule has 1 saturated heterocycles. The summed E-state index contributed by atoms with van der Waals surface area (Å²) in [4.78, 5) is 11.0. The molecule has 2 heteroatoms. The van der Waals surface area contributed by atoms with Gasteiger partial charge in [-0.2, -0.15) is 0 Å². The predicted octanol–water partition coefficient (Wildman–Crippen LogP) is 2.70. The summed E-state index contributed by atoms with van der Waals surface area (Å²) in [6, 6.07) is 0. The topological polar surface area (TPSA) is 29.6 Å². The fourth-order valence-corrected chi connectivity index (χ4v) is 3.22. The maximum Gasteiger partial charge on any atom is 0.129 e. The van der Waals surface area contributed by atoms with E-state index in [0.717, 1.165) is 12.8 Å². The molecule has 0 aromatic rings. The van der Waals surface area contributed by atoms with Crippen molar-refractivity contribution in [3.05, 3.63) is 0 Å². The fourth-order valence-electron chi connectivity index (χ4n) is 3.22. The molecule has 2 nitrogen and oxygen atoms in total. The van der Waals surface area contributed by atoms with Crippen LogP contribution in [0.1, 0.15) is 53.4 Å². The van der Waals surface area contributed by atoms with Gasteiger partial charge in [0.1, 0.15) is 11.4 Å². The van der Waals surface area contributed by atoms with Crippen LogP contribution < -0.4 is 0 Å². The highest BCUT2D eigenvalue weighted by Crippen LogP contribution is 2.69. The second-order valence-corrected chi connectivity index (χ2v) is 5.75. The monoisotopic (exact) mass is 196 g/mol. The number of carbonyl (C=O) groups is 1. The highest BCUT2D eigenvalue weighted by atomic mass is 16.6. The summed E-state index contributed by atoms with van der Waals surface area (Å²) in [5.41, 5.74) is 0.328. The van der Waals surface area contributed by atoms with Crippen molar-refractivity contribution < 1.29 is 9.53 Å². The second kappa shape index (κ2) is 2.60. The normalized spacial score (nSPS) is 43.4. The second-order valence-electron chi connectivity index (χ2n) is 5.75. The van der Waals surface area contributed by atoms with E-state index < -0.39 is 0 Å². The van der Waals surface area contributed by atoms with Crippen molar-refractivity contribution in [3.8, 4) is 0 Å². The summed E-state index contributed by atoms with van der Waals surface area (Å²) < 4.78 is 5.94. The molecule has 0 radical (unpaired) electrons. The highest BCUT2D eigenvalue weighted by Gasteiger charge is 2.76. The SMILES string of the molecule is CC(=O)CCC12OC1(C)CCC2(C)C. The summed E-state index contributed by atoms with van der Waals surface area (Å²) in [6.45, 7) is 8.40. The molecule has 2 unspecified atom stereocenters. The van der Waals surface area contributed by atoms with Crippen molar-refractivity contribution in [2.45, 2.75) is 64.6 Å². The number of fused-ring (bicyclic) bond motifs is 1. The van der Waals surface area contributed by atoms with E-state index in [0.29, 0.717) is 6.42 Å². The first-order chi connectivity index (χ1) is 6.33. The molecule has 14 heavy (non-hydrogen) atoms. The van der Waals surface area contributed by atoms with E-state index in [4.69, 9.17) is 4.74 Å². The first kappa shape index (κ1) is 10.2. The van der Waals surface area contributed by atoms with Crippen molar-refractivity contribution in [3.63, 3.8) is 0 Å². The summed E-state index contributed by atoms with van der Waals surface area (Å²) in [5.74, 6) is 0.278. The quantitative estimate of drug-likeness (QED) is 0.649. The maximum atomic E-state index is 11.0. The molecular formula is C12H20O2. The average Bonchev–Trinajstić information content (AvgIpc) is 2.62. The van der Waals surface area contributed by atoms with Gasteiger partial charge in [-0.15, -0.1) is 0 Å². The zero-order valence-electron chi connectivity index (χ0n) is 9.64. The Morgan fingerprint density at radius 3 is 2.29 bits per heavy atom. The molecule has 2 rings (SSSR count). The molecule has 80 valence electrons. The van der Waals surface area contributed by atoms with E-state index in [2.05, 4.69) is 20.8 Å². The van der Waals surface area contributed by atoms with E-state index in [-0.39, 0.29) is 22.4 Å². The van der Waals surface area contributed by atoms with Gasteiger partial charge >= 0.3 is 0 Å². The van der Waals surface area contributed by atoms with Crippen molar-refractivity contribution in [1.29, 1.82) is 0 Å². The summed E-state index contributed by atoms with van der Waals surface area (Å²) >= 11 is 0. The van der Waals surface area contributed by atoms with Gasteiger partial charge in [-0.1, -0.05) is 13.8 Å². The maximum absolute atomic E-state index is 11.0. The minimum atomic E-state index is 0.00563. The number of hydrogen-bond donors (Lipinski definition) is 0. The van der Waals surface area contributed by atoms with E-state index in [1.54, 1.807) is 6.92 Å². The predicted molar refractivity (Wildman–Crippen MR) is 55.2 cm³/mol. The van der Waals surface area contributed by atoms with Gasteiger partial charge in [-0.05, 0) is 38.5 Å². The Bertz CT molecular complexity index is 282. The van der Waals surface area contributed by atoms with Gasteiger partial charge in [0, 0.05) is 6.42 Å². The molecule has 0 bridgehead atoms.